The van der Waals surface area contributed by atoms with Crippen LogP contribution in [0.25, 0.3) is 11.0 Å². The lowest BCUT2D eigenvalue weighted by atomic mass is 10.1. The third-order valence-corrected chi connectivity index (χ3v) is 8.20. The fourth-order valence-corrected chi connectivity index (χ4v) is 5.72. The van der Waals surface area contributed by atoms with E-state index in [2.05, 4.69) is 10.6 Å². The first-order valence-electron chi connectivity index (χ1n) is 12.2. The van der Waals surface area contributed by atoms with Gasteiger partial charge >= 0.3 is 0 Å². The van der Waals surface area contributed by atoms with E-state index in [-0.39, 0.29) is 23.0 Å². The summed E-state index contributed by atoms with van der Waals surface area (Å²) < 4.78 is 38.2. The molecule has 1 fully saturated rings. The first kappa shape index (κ1) is 25.7. The molecule has 9 nitrogen and oxygen atoms in total. The Hall–Kier alpha value is -3.99. The van der Waals surface area contributed by atoms with Gasteiger partial charge in [-0.2, -0.15) is 4.31 Å². The molecule has 2 heterocycles. The van der Waals surface area contributed by atoms with E-state index in [1.54, 1.807) is 24.3 Å². The fraction of sp³-hybridized carbons (Fsp3) is 0.214. The molecule has 3 aromatic carbocycles. The van der Waals surface area contributed by atoms with Crippen molar-refractivity contribution in [2.75, 3.05) is 43.5 Å². The fourth-order valence-electron chi connectivity index (χ4n) is 4.31. The van der Waals surface area contributed by atoms with E-state index >= 15 is 0 Å². The second kappa shape index (κ2) is 10.8. The predicted octanol–water partition coefficient (Wildman–Crippen LogP) is 4.31. The summed E-state index contributed by atoms with van der Waals surface area (Å²) in [4.78, 5) is 26.2. The van der Waals surface area contributed by atoms with Crippen molar-refractivity contribution in [1.29, 1.82) is 0 Å². The minimum absolute atomic E-state index is 0.0625. The molecule has 0 unspecified atom stereocenters. The summed E-state index contributed by atoms with van der Waals surface area (Å²) in [5.41, 5.74) is 2.89. The molecule has 1 saturated heterocycles. The van der Waals surface area contributed by atoms with Gasteiger partial charge in [0.05, 0.1) is 30.3 Å². The number of para-hydroxylation sites is 1. The number of hydrogen-bond acceptors (Lipinski definition) is 7. The number of hydrogen-bond donors (Lipinski definition) is 2. The molecule has 1 amide bonds. The van der Waals surface area contributed by atoms with Gasteiger partial charge in [0.2, 0.25) is 15.8 Å². The van der Waals surface area contributed by atoms with Gasteiger partial charge in [-0.05, 0) is 61.0 Å². The average molecular weight is 534 g/mol. The van der Waals surface area contributed by atoms with Crippen LogP contribution >= 0.6 is 0 Å². The summed E-state index contributed by atoms with van der Waals surface area (Å²) in [5, 5.41) is 6.57. The molecule has 4 aromatic rings. The van der Waals surface area contributed by atoms with Crippen molar-refractivity contribution < 1.29 is 27.2 Å². The van der Waals surface area contributed by atoms with Gasteiger partial charge in [0.1, 0.15) is 5.58 Å². The first-order valence-corrected chi connectivity index (χ1v) is 13.6. The van der Waals surface area contributed by atoms with Gasteiger partial charge in [-0.15, -0.1) is 0 Å². The Morgan fingerprint density at radius 1 is 0.947 bits per heavy atom. The third-order valence-electron chi connectivity index (χ3n) is 6.29. The van der Waals surface area contributed by atoms with Crippen molar-refractivity contribution in [1.82, 2.24) is 4.31 Å². The van der Waals surface area contributed by atoms with Crippen LogP contribution in [0.1, 0.15) is 26.5 Å². The zero-order valence-corrected chi connectivity index (χ0v) is 21.6. The van der Waals surface area contributed by atoms with E-state index in [0.717, 1.165) is 5.56 Å². The number of aryl methyl sites for hydroxylation is 1. The Labute approximate surface area is 220 Å². The van der Waals surface area contributed by atoms with Gasteiger partial charge in [0.15, 0.2) is 5.78 Å². The minimum Gasteiger partial charge on any atom is -0.449 e. The van der Waals surface area contributed by atoms with Crippen molar-refractivity contribution in [3.05, 3.63) is 89.7 Å². The highest BCUT2D eigenvalue weighted by Crippen LogP contribution is 2.31. The Bertz CT molecular complexity index is 1590. The molecule has 5 rings (SSSR count). The van der Waals surface area contributed by atoms with Crippen LogP contribution in [0.2, 0.25) is 0 Å². The largest absolute Gasteiger partial charge is 0.449 e. The highest BCUT2D eigenvalue weighted by Gasteiger charge is 2.26. The quantitative estimate of drug-likeness (QED) is 0.324. The number of carbonyl (C=O) groups excluding carboxylic acids is 2. The van der Waals surface area contributed by atoms with Crippen molar-refractivity contribution in [2.24, 2.45) is 0 Å². The molecule has 0 atom stereocenters. The topological polar surface area (TPSA) is 118 Å². The summed E-state index contributed by atoms with van der Waals surface area (Å²) in [6, 6.07) is 20.5. The maximum Gasteiger partial charge on any atom is 0.293 e. The molecule has 1 aliphatic heterocycles. The third kappa shape index (κ3) is 5.33. The SMILES string of the molecule is Cc1cccc(NC(=O)c2oc3ccccc3c2NCC(=O)c2ccc(S(=O)(=O)N3CCOCC3)cc2)c1. The second-order valence-corrected chi connectivity index (χ2v) is 10.9. The molecule has 0 aliphatic carbocycles. The predicted molar refractivity (Wildman–Crippen MR) is 144 cm³/mol. The molecule has 1 aromatic heterocycles. The Morgan fingerprint density at radius 2 is 1.68 bits per heavy atom. The normalized spacial score (nSPS) is 14.3. The van der Waals surface area contributed by atoms with Gasteiger partial charge in [-0.3, -0.25) is 9.59 Å². The number of amides is 1. The van der Waals surface area contributed by atoms with Gasteiger partial charge in [-0.25, -0.2) is 8.42 Å². The molecule has 0 bridgehead atoms. The van der Waals surface area contributed by atoms with Crippen LogP contribution in [0.5, 0.6) is 0 Å². The molecule has 38 heavy (non-hydrogen) atoms. The van der Waals surface area contributed by atoms with Crippen LogP contribution in [0.15, 0.2) is 82.1 Å². The average Bonchev–Trinajstić information content (AvgIpc) is 3.31. The van der Waals surface area contributed by atoms with Gasteiger partial charge < -0.3 is 19.8 Å². The van der Waals surface area contributed by atoms with E-state index < -0.39 is 15.9 Å². The molecule has 2 N–H and O–H groups in total. The Balaban J connectivity index is 1.33. The monoisotopic (exact) mass is 533 g/mol. The minimum atomic E-state index is -3.65. The van der Waals surface area contributed by atoms with E-state index in [0.29, 0.717) is 54.2 Å². The highest BCUT2D eigenvalue weighted by molar-refractivity contribution is 7.89. The first-order chi connectivity index (χ1) is 18.3. The van der Waals surface area contributed by atoms with E-state index in [4.69, 9.17) is 9.15 Å². The molecule has 0 spiro atoms. The molecule has 0 saturated carbocycles. The number of Topliss-reactive ketones (excluding diaryl/α,β-unsaturated/α-hetero) is 1. The number of nitrogens with one attached hydrogen (secondary N) is 2. The van der Waals surface area contributed by atoms with E-state index in [9.17, 15) is 18.0 Å². The van der Waals surface area contributed by atoms with Crippen molar-refractivity contribution in [3.63, 3.8) is 0 Å². The number of rotatable bonds is 8. The molecule has 196 valence electrons. The number of furan rings is 1. The summed E-state index contributed by atoms with van der Waals surface area (Å²) in [5.74, 6) is -0.650. The number of benzene rings is 3. The van der Waals surface area contributed by atoms with Crippen LogP contribution < -0.4 is 10.6 Å². The number of sulfonamides is 1. The van der Waals surface area contributed by atoms with Gasteiger partial charge in [-0.1, -0.05) is 24.3 Å². The van der Waals surface area contributed by atoms with Crippen LogP contribution in [-0.2, 0) is 14.8 Å². The van der Waals surface area contributed by atoms with Crippen molar-refractivity contribution in [2.45, 2.75) is 11.8 Å². The zero-order chi connectivity index (χ0) is 26.7. The molecule has 1 aliphatic rings. The number of morpholine rings is 1. The van der Waals surface area contributed by atoms with Crippen molar-refractivity contribution in [3.8, 4) is 0 Å². The summed E-state index contributed by atoms with van der Waals surface area (Å²) in [6.07, 6.45) is 0. The van der Waals surface area contributed by atoms with Gasteiger partial charge in [0.25, 0.3) is 5.91 Å². The Morgan fingerprint density at radius 3 is 2.42 bits per heavy atom. The van der Waals surface area contributed by atoms with Gasteiger partial charge in [0, 0.05) is 29.7 Å². The molecule has 0 radical (unpaired) electrons. The standard InChI is InChI=1S/C28H27N3O6S/c1-19-5-4-6-21(17-19)30-28(33)27-26(23-7-2-3-8-25(23)37-27)29-18-24(32)20-9-11-22(12-10-20)38(34,35)31-13-15-36-16-14-31/h2-12,17,29H,13-16,18H2,1H3,(H,30,33). The maximum atomic E-state index is 13.1. The molecular formula is C28H27N3O6S. The van der Waals surface area contributed by atoms with E-state index in [1.807, 2.05) is 31.2 Å². The van der Waals surface area contributed by atoms with Crippen LogP contribution in [0.3, 0.4) is 0 Å². The summed E-state index contributed by atoms with van der Waals surface area (Å²) >= 11 is 0. The highest BCUT2D eigenvalue weighted by atomic mass is 32.2. The smallest absolute Gasteiger partial charge is 0.293 e. The number of anilines is 2. The van der Waals surface area contributed by atoms with Crippen molar-refractivity contribution >= 4 is 44.1 Å². The number of nitrogens with zero attached hydrogens (tertiary/aromatic N) is 1. The number of carbonyl (C=O) groups is 2. The number of fused-ring (bicyclic) bond motifs is 1. The number of ketones is 1. The molecule has 10 heteroatoms. The Kier molecular flexibility index (Phi) is 7.28. The lowest BCUT2D eigenvalue weighted by Crippen LogP contribution is -2.40. The van der Waals surface area contributed by atoms with Crippen LogP contribution in [0.4, 0.5) is 11.4 Å². The lowest BCUT2D eigenvalue weighted by molar-refractivity contribution is 0.0730. The lowest BCUT2D eigenvalue weighted by Gasteiger charge is -2.26. The van der Waals surface area contributed by atoms with E-state index in [1.165, 1.54) is 28.6 Å². The maximum absolute atomic E-state index is 13.1. The summed E-state index contributed by atoms with van der Waals surface area (Å²) in [7, 11) is -3.65. The number of ether oxygens (including phenoxy) is 1. The second-order valence-electron chi connectivity index (χ2n) is 8.94. The summed E-state index contributed by atoms with van der Waals surface area (Å²) in [6.45, 7) is 3.12. The molecular weight excluding hydrogens is 506 g/mol. The van der Waals surface area contributed by atoms with Crippen LogP contribution in [0, 0.1) is 6.92 Å². The van der Waals surface area contributed by atoms with Crippen LogP contribution in [-0.4, -0.2) is 57.3 Å². The zero-order valence-electron chi connectivity index (χ0n) is 20.8.